The summed E-state index contributed by atoms with van der Waals surface area (Å²) >= 11 is 0. The molecule has 78 valence electrons. The zero-order valence-electron chi connectivity index (χ0n) is 8.63. The third-order valence-electron chi connectivity index (χ3n) is 2.49. The van der Waals surface area contributed by atoms with E-state index < -0.39 is 0 Å². The molecule has 1 heterocycles. The molecule has 15 heavy (non-hydrogen) atoms. The molecule has 3 heteroatoms. The number of nitrogens with zero attached hydrogens (tertiary/aromatic N) is 1. The number of hydrogen-bond acceptors (Lipinski definition) is 2. The highest BCUT2D eigenvalue weighted by Gasteiger charge is 2.03. The fraction of sp³-hybridized carbons (Fsp3) is 0.250. The van der Waals surface area contributed by atoms with Gasteiger partial charge in [0.1, 0.15) is 5.82 Å². The van der Waals surface area contributed by atoms with Gasteiger partial charge in [-0.05, 0) is 49.7 Å². The van der Waals surface area contributed by atoms with E-state index in [9.17, 15) is 4.39 Å². The second kappa shape index (κ2) is 3.95. The van der Waals surface area contributed by atoms with E-state index in [0.717, 1.165) is 28.6 Å². The maximum Gasteiger partial charge on any atom is 0.123 e. The topological polar surface area (TPSA) is 38.9 Å². The SMILES string of the molecule is Cc1nc2ccc(F)cc2cc1CCN. The first-order chi connectivity index (χ1) is 7.20. The maximum atomic E-state index is 13.0. The summed E-state index contributed by atoms with van der Waals surface area (Å²) in [5, 5.41) is 0.837. The number of rotatable bonds is 2. The predicted molar refractivity (Wildman–Crippen MR) is 59.2 cm³/mol. The third-order valence-corrected chi connectivity index (χ3v) is 2.49. The molecule has 0 unspecified atom stereocenters. The van der Waals surface area contributed by atoms with E-state index in [0.29, 0.717) is 6.54 Å². The number of aromatic nitrogens is 1. The Morgan fingerprint density at radius 1 is 1.33 bits per heavy atom. The van der Waals surface area contributed by atoms with Crippen molar-refractivity contribution in [1.82, 2.24) is 4.98 Å². The summed E-state index contributed by atoms with van der Waals surface area (Å²) in [4.78, 5) is 4.41. The molecule has 1 aromatic carbocycles. The van der Waals surface area contributed by atoms with Crippen LogP contribution in [0.4, 0.5) is 4.39 Å². The van der Waals surface area contributed by atoms with E-state index in [1.165, 1.54) is 12.1 Å². The van der Waals surface area contributed by atoms with Crippen LogP contribution in [0.3, 0.4) is 0 Å². The molecule has 2 nitrogen and oxygen atoms in total. The van der Waals surface area contributed by atoms with Crippen LogP contribution in [0.2, 0.25) is 0 Å². The molecule has 0 aliphatic rings. The lowest BCUT2D eigenvalue weighted by Crippen LogP contribution is -2.05. The van der Waals surface area contributed by atoms with Gasteiger partial charge >= 0.3 is 0 Å². The number of hydrogen-bond donors (Lipinski definition) is 1. The van der Waals surface area contributed by atoms with E-state index in [1.807, 2.05) is 13.0 Å². The lowest BCUT2D eigenvalue weighted by Gasteiger charge is -2.06. The first-order valence-electron chi connectivity index (χ1n) is 4.96. The fourth-order valence-electron chi connectivity index (χ4n) is 1.70. The number of nitrogens with two attached hydrogens (primary N) is 1. The van der Waals surface area contributed by atoms with E-state index in [1.54, 1.807) is 6.07 Å². The smallest absolute Gasteiger partial charge is 0.123 e. The molecule has 0 aliphatic carbocycles. The van der Waals surface area contributed by atoms with Gasteiger partial charge < -0.3 is 5.73 Å². The van der Waals surface area contributed by atoms with Gasteiger partial charge in [-0.2, -0.15) is 0 Å². The lowest BCUT2D eigenvalue weighted by atomic mass is 10.1. The van der Waals surface area contributed by atoms with Crippen LogP contribution >= 0.6 is 0 Å². The standard InChI is InChI=1S/C12H13FN2/c1-8-9(4-5-14)6-10-7-11(13)2-3-12(10)15-8/h2-3,6-7H,4-5,14H2,1H3. The van der Waals surface area contributed by atoms with Crippen molar-refractivity contribution in [3.63, 3.8) is 0 Å². The molecular weight excluding hydrogens is 191 g/mol. The Balaban J connectivity index is 2.61. The van der Waals surface area contributed by atoms with Gasteiger partial charge in [0.2, 0.25) is 0 Å². The number of benzene rings is 1. The van der Waals surface area contributed by atoms with Gasteiger partial charge in [-0.1, -0.05) is 0 Å². The highest BCUT2D eigenvalue weighted by Crippen LogP contribution is 2.17. The highest BCUT2D eigenvalue weighted by molar-refractivity contribution is 5.79. The molecule has 2 rings (SSSR count). The van der Waals surface area contributed by atoms with Gasteiger partial charge in [-0.15, -0.1) is 0 Å². The van der Waals surface area contributed by atoms with E-state index in [2.05, 4.69) is 4.98 Å². The highest BCUT2D eigenvalue weighted by atomic mass is 19.1. The molecule has 2 N–H and O–H groups in total. The van der Waals surface area contributed by atoms with Crippen LogP contribution in [0.15, 0.2) is 24.3 Å². The molecule has 0 spiro atoms. The summed E-state index contributed by atoms with van der Waals surface area (Å²) in [6.45, 7) is 2.54. The van der Waals surface area contributed by atoms with Gasteiger partial charge in [-0.25, -0.2) is 4.39 Å². The van der Waals surface area contributed by atoms with Gasteiger partial charge in [-0.3, -0.25) is 4.98 Å². The Hall–Kier alpha value is -1.48. The Bertz CT molecular complexity index is 494. The van der Waals surface area contributed by atoms with E-state index >= 15 is 0 Å². The van der Waals surface area contributed by atoms with Crippen molar-refractivity contribution >= 4 is 10.9 Å². The van der Waals surface area contributed by atoms with Crippen molar-refractivity contribution in [2.45, 2.75) is 13.3 Å². The van der Waals surface area contributed by atoms with Crippen LogP contribution in [-0.2, 0) is 6.42 Å². The maximum absolute atomic E-state index is 13.0. The molecule has 0 bridgehead atoms. The number of fused-ring (bicyclic) bond motifs is 1. The van der Waals surface area contributed by atoms with Crippen LogP contribution in [0.1, 0.15) is 11.3 Å². The monoisotopic (exact) mass is 204 g/mol. The quantitative estimate of drug-likeness (QED) is 0.814. The van der Waals surface area contributed by atoms with Gasteiger partial charge in [0.25, 0.3) is 0 Å². The van der Waals surface area contributed by atoms with Crippen molar-refractivity contribution in [2.24, 2.45) is 5.73 Å². The average molecular weight is 204 g/mol. The van der Waals surface area contributed by atoms with Crippen LogP contribution in [0.5, 0.6) is 0 Å². The predicted octanol–water partition coefficient (Wildman–Crippen LogP) is 2.18. The van der Waals surface area contributed by atoms with Crippen molar-refractivity contribution in [2.75, 3.05) is 6.54 Å². The van der Waals surface area contributed by atoms with Crippen LogP contribution in [0.25, 0.3) is 10.9 Å². The zero-order chi connectivity index (χ0) is 10.8. The normalized spacial score (nSPS) is 10.9. The molecular formula is C12H13FN2. The molecule has 0 amide bonds. The Kier molecular flexibility index (Phi) is 2.64. The molecule has 0 fully saturated rings. The summed E-state index contributed by atoms with van der Waals surface area (Å²) in [6, 6.07) is 6.59. The Labute approximate surface area is 87.9 Å². The second-order valence-corrected chi connectivity index (χ2v) is 3.61. The Morgan fingerprint density at radius 3 is 2.87 bits per heavy atom. The number of pyridine rings is 1. The minimum absolute atomic E-state index is 0.230. The minimum Gasteiger partial charge on any atom is -0.330 e. The molecule has 0 radical (unpaired) electrons. The van der Waals surface area contributed by atoms with Crippen LogP contribution in [0, 0.1) is 12.7 Å². The zero-order valence-corrected chi connectivity index (χ0v) is 8.63. The van der Waals surface area contributed by atoms with Crippen LogP contribution < -0.4 is 5.73 Å². The fourth-order valence-corrected chi connectivity index (χ4v) is 1.70. The van der Waals surface area contributed by atoms with Crippen molar-refractivity contribution in [3.8, 4) is 0 Å². The van der Waals surface area contributed by atoms with Crippen molar-refractivity contribution in [3.05, 3.63) is 41.3 Å². The average Bonchev–Trinajstić information content (AvgIpc) is 2.20. The largest absolute Gasteiger partial charge is 0.330 e. The van der Waals surface area contributed by atoms with Crippen LogP contribution in [-0.4, -0.2) is 11.5 Å². The first kappa shape index (κ1) is 10.1. The second-order valence-electron chi connectivity index (χ2n) is 3.61. The molecule has 2 aromatic rings. The molecule has 0 saturated carbocycles. The minimum atomic E-state index is -0.230. The summed E-state index contributed by atoms with van der Waals surface area (Å²) in [5.41, 5.74) is 8.39. The lowest BCUT2D eigenvalue weighted by molar-refractivity contribution is 0.629. The molecule has 0 aliphatic heterocycles. The first-order valence-corrected chi connectivity index (χ1v) is 4.96. The Morgan fingerprint density at radius 2 is 2.13 bits per heavy atom. The summed E-state index contributed by atoms with van der Waals surface area (Å²) in [6.07, 6.45) is 0.783. The van der Waals surface area contributed by atoms with E-state index in [-0.39, 0.29) is 5.82 Å². The molecule has 0 saturated heterocycles. The number of aryl methyl sites for hydroxylation is 1. The van der Waals surface area contributed by atoms with Gasteiger partial charge in [0, 0.05) is 11.1 Å². The molecule has 1 aromatic heterocycles. The van der Waals surface area contributed by atoms with Crippen molar-refractivity contribution in [1.29, 1.82) is 0 Å². The third kappa shape index (κ3) is 1.97. The number of halogens is 1. The molecule has 0 atom stereocenters. The summed E-state index contributed by atoms with van der Waals surface area (Å²) in [5.74, 6) is -0.230. The van der Waals surface area contributed by atoms with Gasteiger partial charge in [0.05, 0.1) is 5.52 Å². The van der Waals surface area contributed by atoms with E-state index in [4.69, 9.17) is 5.73 Å². The van der Waals surface area contributed by atoms with Crippen molar-refractivity contribution < 1.29 is 4.39 Å². The summed E-state index contributed by atoms with van der Waals surface area (Å²) in [7, 11) is 0. The summed E-state index contributed by atoms with van der Waals surface area (Å²) < 4.78 is 13.0. The van der Waals surface area contributed by atoms with Gasteiger partial charge in [0.15, 0.2) is 0 Å².